The van der Waals surface area contributed by atoms with Crippen LogP contribution in [0.5, 0.6) is 5.75 Å². The second-order valence-electron chi connectivity index (χ2n) is 7.53. The van der Waals surface area contributed by atoms with Crippen LogP contribution in [0, 0.1) is 11.8 Å². The van der Waals surface area contributed by atoms with E-state index in [1.165, 1.54) is 4.90 Å². The predicted molar refractivity (Wildman–Crippen MR) is 135 cm³/mol. The summed E-state index contributed by atoms with van der Waals surface area (Å²) in [6.07, 6.45) is 7.98. The molecule has 0 radical (unpaired) electrons. The third kappa shape index (κ3) is 4.90. The molecule has 170 valence electrons. The molecule has 0 aliphatic carbocycles. The molecule has 0 aliphatic heterocycles. The zero-order valence-electron chi connectivity index (χ0n) is 20.0. The highest BCUT2D eigenvalue weighted by atomic mass is 16.5. The minimum absolute atomic E-state index is 0.683. The van der Waals surface area contributed by atoms with Gasteiger partial charge in [-0.3, -0.25) is 14.8 Å². The molecule has 0 aliphatic rings. The predicted octanol–water partition coefficient (Wildman–Crippen LogP) is 4.31. The first-order valence-electron chi connectivity index (χ1n) is 10.6. The molecule has 0 fully saturated rings. The monoisotopic (exact) mass is 443 g/mol. The van der Waals surface area contributed by atoms with E-state index in [2.05, 4.69) is 33.6 Å². The summed E-state index contributed by atoms with van der Waals surface area (Å²) in [5, 5.41) is 0.874. The molecule has 2 heterocycles. The lowest BCUT2D eigenvalue weighted by atomic mass is 10.0. The van der Waals surface area contributed by atoms with Gasteiger partial charge in [-0.15, -0.1) is 5.92 Å². The molecular weight excluding hydrogens is 414 g/mol. The standard InChI is InChI=1S/C26H29N5O2/c1-7-9-19(17-29(3)8-2)21-14-22-23(15-25(21)33-6)28-16-24(30(4)18-32)26(22)31(5)20-10-12-27-13-11-20/h10-18H,8H2,1-6H3/b19-17+. The van der Waals surface area contributed by atoms with Crippen molar-refractivity contribution in [2.75, 3.05) is 44.6 Å². The van der Waals surface area contributed by atoms with Crippen molar-refractivity contribution >= 4 is 39.9 Å². The molecule has 0 spiro atoms. The topological polar surface area (TPSA) is 61.8 Å². The second kappa shape index (κ2) is 10.5. The summed E-state index contributed by atoms with van der Waals surface area (Å²) in [5.41, 5.74) is 4.92. The van der Waals surface area contributed by atoms with Crippen LogP contribution in [0.2, 0.25) is 0 Å². The van der Waals surface area contributed by atoms with Crippen LogP contribution < -0.4 is 14.5 Å². The largest absolute Gasteiger partial charge is 0.496 e. The first kappa shape index (κ1) is 23.6. The number of anilines is 3. The van der Waals surface area contributed by atoms with E-state index in [4.69, 9.17) is 4.74 Å². The lowest BCUT2D eigenvalue weighted by Crippen LogP contribution is -2.20. The minimum atomic E-state index is 0.683. The SMILES string of the molecule is CC#C/C(=C\N(C)CC)c1cc2c(N(C)c3ccncc3)c(N(C)C=O)cnc2cc1OC. The van der Waals surface area contributed by atoms with Crippen LogP contribution in [-0.4, -0.2) is 56.1 Å². The smallest absolute Gasteiger partial charge is 0.213 e. The molecule has 1 aromatic carbocycles. The van der Waals surface area contributed by atoms with Gasteiger partial charge in [0.2, 0.25) is 6.41 Å². The number of carbonyl (C=O) groups is 1. The van der Waals surface area contributed by atoms with Gasteiger partial charge in [-0.25, -0.2) is 0 Å². The van der Waals surface area contributed by atoms with Gasteiger partial charge in [-0.2, -0.15) is 0 Å². The lowest BCUT2D eigenvalue weighted by molar-refractivity contribution is -0.107. The van der Waals surface area contributed by atoms with E-state index in [-0.39, 0.29) is 0 Å². The molecule has 7 heteroatoms. The normalized spacial score (nSPS) is 10.9. The number of carbonyl (C=O) groups excluding carboxylic acids is 1. The highest BCUT2D eigenvalue weighted by Gasteiger charge is 2.20. The summed E-state index contributed by atoms with van der Waals surface area (Å²) in [6.45, 7) is 4.74. The second-order valence-corrected chi connectivity index (χ2v) is 7.53. The summed E-state index contributed by atoms with van der Waals surface area (Å²) in [4.78, 5) is 26.1. The lowest BCUT2D eigenvalue weighted by Gasteiger charge is -2.27. The number of fused-ring (bicyclic) bond motifs is 1. The van der Waals surface area contributed by atoms with Gasteiger partial charge >= 0.3 is 0 Å². The Morgan fingerprint density at radius 1 is 1.18 bits per heavy atom. The third-order valence-electron chi connectivity index (χ3n) is 5.46. The van der Waals surface area contributed by atoms with Gasteiger partial charge in [0.15, 0.2) is 0 Å². The molecule has 0 bridgehead atoms. The first-order chi connectivity index (χ1) is 15.9. The molecule has 7 nitrogen and oxygen atoms in total. The van der Waals surface area contributed by atoms with Crippen LogP contribution in [0.4, 0.5) is 17.1 Å². The Morgan fingerprint density at radius 2 is 1.91 bits per heavy atom. The number of benzene rings is 1. The van der Waals surface area contributed by atoms with Gasteiger partial charge in [0.05, 0.1) is 35.8 Å². The molecule has 1 amide bonds. The Bertz CT molecular complexity index is 1230. The Hall–Kier alpha value is -4.05. The van der Waals surface area contributed by atoms with Crippen LogP contribution in [0.1, 0.15) is 19.4 Å². The molecular formula is C26H29N5O2. The maximum absolute atomic E-state index is 11.7. The fraction of sp³-hybridized carbons (Fsp3) is 0.269. The number of methoxy groups -OCH3 is 1. The number of hydrogen-bond acceptors (Lipinski definition) is 6. The average Bonchev–Trinajstić information content (AvgIpc) is 2.86. The number of rotatable bonds is 8. The van der Waals surface area contributed by atoms with Crippen molar-refractivity contribution in [1.29, 1.82) is 0 Å². The number of nitrogens with zero attached hydrogens (tertiary/aromatic N) is 5. The van der Waals surface area contributed by atoms with Gasteiger partial charge in [0.1, 0.15) is 5.75 Å². The van der Waals surface area contributed by atoms with Crippen LogP contribution in [0.3, 0.4) is 0 Å². The van der Waals surface area contributed by atoms with Gasteiger partial charge in [-0.1, -0.05) is 5.92 Å². The summed E-state index contributed by atoms with van der Waals surface area (Å²) in [7, 11) is 7.33. The van der Waals surface area contributed by atoms with Crippen molar-refractivity contribution in [3.8, 4) is 17.6 Å². The van der Waals surface area contributed by atoms with Crippen LogP contribution in [0.15, 0.2) is 49.1 Å². The van der Waals surface area contributed by atoms with Crippen LogP contribution in [-0.2, 0) is 4.79 Å². The van der Waals surface area contributed by atoms with E-state index in [1.807, 2.05) is 56.4 Å². The van der Waals surface area contributed by atoms with E-state index >= 15 is 0 Å². The molecule has 0 unspecified atom stereocenters. The van der Waals surface area contributed by atoms with Crippen molar-refractivity contribution in [2.24, 2.45) is 0 Å². The minimum Gasteiger partial charge on any atom is -0.496 e. The summed E-state index contributed by atoms with van der Waals surface area (Å²) >= 11 is 0. The Labute approximate surface area is 195 Å². The number of hydrogen-bond donors (Lipinski definition) is 0. The van der Waals surface area contributed by atoms with Gasteiger partial charge in [0.25, 0.3) is 0 Å². The molecule has 0 saturated heterocycles. The highest BCUT2D eigenvalue weighted by molar-refractivity contribution is 6.05. The fourth-order valence-electron chi connectivity index (χ4n) is 3.55. The molecule has 33 heavy (non-hydrogen) atoms. The van der Waals surface area contributed by atoms with E-state index in [0.29, 0.717) is 11.4 Å². The zero-order chi connectivity index (χ0) is 24.0. The molecule has 0 atom stereocenters. The van der Waals surface area contributed by atoms with Crippen molar-refractivity contribution in [1.82, 2.24) is 14.9 Å². The Balaban J connectivity index is 2.38. The zero-order valence-corrected chi connectivity index (χ0v) is 20.0. The molecule has 2 aromatic heterocycles. The molecule has 3 rings (SSSR count). The van der Waals surface area contributed by atoms with Crippen LogP contribution in [0.25, 0.3) is 16.5 Å². The van der Waals surface area contributed by atoms with E-state index in [9.17, 15) is 4.79 Å². The molecule has 0 N–H and O–H groups in total. The number of pyridine rings is 2. The third-order valence-corrected chi connectivity index (χ3v) is 5.46. The number of allylic oxidation sites excluding steroid dienone is 1. The van der Waals surface area contributed by atoms with Gasteiger partial charge < -0.3 is 19.4 Å². The Morgan fingerprint density at radius 3 is 2.52 bits per heavy atom. The molecule has 3 aromatic rings. The number of aromatic nitrogens is 2. The average molecular weight is 444 g/mol. The maximum atomic E-state index is 11.7. The van der Waals surface area contributed by atoms with Crippen molar-refractivity contribution in [3.63, 3.8) is 0 Å². The summed E-state index contributed by atoms with van der Waals surface area (Å²) in [6, 6.07) is 7.79. The first-order valence-corrected chi connectivity index (χ1v) is 10.6. The van der Waals surface area contributed by atoms with E-state index < -0.39 is 0 Å². The van der Waals surface area contributed by atoms with Gasteiger partial charge in [0, 0.05) is 69.0 Å². The summed E-state index contributed by atoms with van der Waals surface area (Å²) < 4.78 is 5.72. The quantitative estimate of drug-likeness (QED) is 0.382. The number of ether oxygens (including phenoxy) is 1. The Kier molecular flexibility index (Phi) is 7.52. The van der Waals surface area contributed by atoms with Crippen LogP contribution >= 0.6 is 0 Å². The van der Waals surface area contributed by atoms with Gasteiger partial charge in [-0.05, 0) is 32.0 Å². The van der Waals surface area contributed by atoms with E-state index in [0.717, 1.165) is 46.4 Å². The van der Waals surface area contributed by atoms with E-state index in [1.54, 1.807) is 32.7 Å². The van der Waals surface area contributed by atoms with Crippen molar-refractivity contribution < 1.29 is 9.53 Å². The number of amides is 1. The highest BCUT2D eigenvalue weighted by Crippen LogP contribution is 2.41. The molecule has 0 saturated carbocycles. The summed E-state index contributed by atoms with van der Waals surface area (Å²) in [5.74, 6) is 6.90. The maximum Gasteiger partial charge on any atom is 0.213 e. The van der Waals surface area contributed by atoms with Crippen molar-refractivity contribution in [3.05, 3.63) is 54.6 Å². The van der Waals surface area contributed by atoms with Crippen molar-refractivity contribution in [2.45, 2.75) is 13.8 Å². The fourth-order valence-corrected chi connectivity index (χ4v) is 3.55.